The Labute approximate surface area is 375 Å². The van der Waals surface area contributed by atoms with Gasteiger partial charge in [0.2, 0.25) is 17.8 Å². The van der Waals surface area contributed by atoms with Crippen LogP contribution in [0, 0.1) is 6.92 Å². The standard InChI is InChI=1S/C46H53N11O8/c1-27-13-15-34(42(61)51-27)57-43(62)32-11-8-12-35(40(32)45(57)64)65-26-37(59)48-18-7-6-17-47-25-38(60)55-21-19-54(20-22-55)31-14-16-36(49-23-31)52-46-50-24-33-28(2)39(29(3)58)44(63)56(41(33)53-46)30-9-4-5-10-30/h8,11-12,14,16,23-24,30,34,47H,1,4-7,9-10,13,15,17-22,25-26H2,2-3H3,(H,48,59)(H,51,61)(H,49,50,52,53). The van der Waals surface area contributed by atoms with Gasteiger partial charge in [-0.15, -0.1) is 0 Å². The minimum atomic E-state index is -0.949. The summed E-state index contributed by atoms with van der Waals surface area (Å²) in [6.45, 7) is 10.2. The molecule has 6 heterocycles. The minimum Gasteiger partial charge on any atom is -0.483 e. The number of aryl methyl sites for hydroxylation is 1. The smallest absolute Gasteiger partial charge is 0.266 e. The predicted molar refractivity (Wildman–Crippen MR) is 240 cm³/mol. The molecule has 4 aliphatic rings. The number of ether oxygens (including phenoxy) is 1. The summed E-state index contributed by atoms with van der Waals surface area (Å²) in [7, 11) is 0. The van der Waals surface area contributed by atoms with Gasteiger partial charge in [0.15, 0.2) is 12.4 Å². The molecule has 5 amide bonds. The van der Waals surface area contributed by atoms with Gasteiger partial charge < -0.3 is 35.8 Å². The highest BCUT2D eigenvalue weighted by atomic mass is 16.5. The maximum Gasteiger partial charge on any atom is 0.266 e. The van der Waals surface area contributed by atoms with Crippen LogP contribution in [0.15, 0.2) is 59.8 Å². The molecule has 8 rings (SSSR count). The Hall–Kier alpha value is -7.02. The number of carbonyl (C=O) groups is 6. The molecule has 1 aliphatic carbocycles. The molecule has 65 heavy (non-hydrogen) atoms. The number of Topliss-reactive ketones (excluding diaryl/α,β-unsaturated/α-hetero) is 1. The van der Waals surface area contributed by atoms with Gasteiger partial charge in [-0.2, -0.15) is 4.98 Å². The maximum atomic E-state index is 13.6. The molecule has 3 aliphatic heterocycles. The molecule has 19 nitrogen and oxygen atoms in total. The van der Waals surface area contributed by atoms with Crippen molar-refractivity contribution in [2.24, 2.45) is 0 Å². The second-order valence-corrected chi connectivity index (χ2v) is 16.8. The van der Waals surface area contributed by atoms with Crippen molar-refractivity contribution < 1.29 is 33.5 Å². The van der Waals surface area contributed by atoms with E-state index in [1.54, 1.807) is 30.0 Å². The predicted octanol–water partition coefficient (Wildman–Crippen LogP) is 3.16. The Kier molecular flexibility index (Phi) is 13.3. The zero-order valence-corrected chi connectivity index (χ0v) is 36.6. The first kappa shape index (κ1) is 44.6. The third-order valence-corrected chi connectivity index (χ3v) is 12.5. The SMILES string of the molecule is C=C1CCC(N2C(=O)c3cccc(OCC(=O)NCCCCNCC(=O)N4CCN(c5ccc(Nc6ncc7c(C)c(C(C)=O)c(=O)n(C8CCCC8)c7n6)nc5)CC4)c3C2=O)C(=O)N1. The normalized spacial score (nSPS) is 17.7. The number of nitrogens with one attached hydrogen (secondary N) is 4. The number of fused-ring (bicyclic) bond motifs is 2. The quantitative estimate of drug-likeness (QED) is 0.0720. The van der Waals surface area contributed by atoms with Crippen LogP contribution in [-0.2, 0) is 14.4 Å². The maximum absolute atomic E-state index is 13.6. The fourth-order valence-corrected chi connectivity index (χ4v) is 9.07. The third kappa shape index (κ3) is 9.45. The van der Waals surface area contributed by atoms with E-state index >= 15 is 0 Å². The lowest BCUT2D eigenvalue weighted by molar-refractivity contribution is -0.130. The summed E-state index contributed by atoms with van der Waals surface area (Å²) in [5.41, 5.74) is 2.60. The summed E-state index contributed by atoms with van der Waals surface area (Å²) in [6, 6.07) is 7.41. The Morgan fingerprint density at radius 1 is 0.923 bits per heavy atom. The number of amides is 5. The average molecular weight is 888 g/mol. The number of carbonyl (C=O) groups excluding carboxylic acids is 6. The molecule has 3 fully saturated rings. The van der Waals surface area contributed by atoms with Gasteiger partial charge in [-0.25, -0.2) is 9.97 Å². The number of rotatable bonds is 16. The number of piperazine rings is 1. The van der Waals surface area contributed by atoms with E-state index in [9.17, 15) is 33.6 Å². The summed E-state index contributed by atoms with van der Waals surface area (Å²) in [4.78, 5) is 109. The van der Waals surface area contributed by atoms with Crippen molar-refractivity contribution in [3.05, 3.63) is 87.6 Å². The van der Waals surface area contributed by atoms with Gasteiger partial charge in [-0.1, -0.05) is 25.5 Å². The van der Waals surface area contributed by atoms with Crippen molar-refractivity contribution in [2.75, 3.05) is 62.6 Å². The molecule has 3 aromatic heterocycles. The van der Waals surface area contributed by atoms with E-state index in [-0.39, 0.29) is 65.3 Å². The number of benzene rings is 1. The number of piperidine rings is 1. The van der Waals surface area contributed by atoms with E-state index in [4.69, 9.17) is 9.72 Å². The lowest BCUT2D eigenvalue weighted by Crippen LogP contribution is -2.51. The molecule has 2 saturated heterocycles. The van der Waals surface area contributed by atoms with Crippen LogP contribution in [0.5, 0.6) is 5.75 Å². The first-order valence-electron chi connectivity index (χ1n) is 22.2. The molecular weight excluding hydrogens is 835 g/mol. The zero-order chi connectivity index (χ0) is 45.8. The molecule has 1 aromatic carbocycles. The first-order chi connectivity index (χ1) is 31.4. The summed E-state index contributed by atoms with van der Waals surface area (Å²) in [5, 5.41) is 12.4. The average Bonchev–Trinajstić information content (AvgIpc) is 3.91. The van der Waals surface area contributed by atoms with E-state index in [0.29, 0.717) is 86.2 Å². The number of unbranched alkanes of at least 4 members (excludes halogenated alkanes) is 1. The third-order valence-electron chi connectivity index (χ3n) is 12.5. The summed E-state index contributed by atoms with van der Waals surface area (Å²) in [5.74, 6) is -1.39. The Morgan fingerprint density at radius 2 is 1.69 bits per heavy atom. The number of anilines is 3. The summed E-state index contributed by atoms with van der Waals surface area (Å²) < 4.78 is 7.36. The van der Waals surface area contributed by atoms with Crippen LogP contribution < -0.4 is 36.5 Å². The van der Waals surface area contributed by atoms with Crippen LogP contribution in [-0.4, -0.2) is 123 Å². The van der Waals surface area contributed by atoms with Crippen molar-refractivity contribution in [3.63, 3.8) is 0 Å². The van der Waals surface area contributed by atoms with Crippen molar-refractivity contribution in [1.29, 1.82) is 0 Å². The number of aromatic nitrogens is 4. The fraction of sp³-hybridized carbons (Fsp3) is 0.435. The second kappa shape index (κ2) is 19.4. The highest BCUT2D eigenvalue weighted by molar-refractivity contribution is 6.24. The zero-order valence-electron chi connectivity index (χ0n) is 36.6. The fourth-order valence-electron chi connectivity index (χ4n) is 9.07. The van der Waals surface area contributed by atoms with Crippen LogP contribution >= 0.6 is 0 Å². The van der Waals surface area contributed by atoms with Crippen molar-refractivity contribution in [2.45, 2.75) is 77.3 Å². The molecule has 1 atom stereocenters. The van der Waals surface area contributed by atoms with Crippen LogP contribution in [0.4, 0.5) is 17.5 Å². The lowest BCUT2D eigenvalue weighted by atomic mass is 10.0. The van der Waals surface area contributed by atoms with Crippen LogP contribution in [0.25, 0.3) is 11.0 Å². The largest absolute Gasteiger partial charge is 0.483 e. The highest BCUT2D eigenvalue weighted by Crippen LogP contribution is 2.35. The van der Waals surface area contributed by atoms with Gasteiger partial charge in [0.1, 0.15) is 23.3 Å². The molecule has 19 heteroatoms. The molecule has 0 bridgehead atoms. The monoisotopic (exact) mass is 887 g/mol. The Bertz CT molecular complexity index is 2620. The first-order valence-corrected chi connectivity index (χ1v) is 22.2. The number of hydrogen-bond acceptors (Lipinski definition) is 14. The number of ketones is 1. The van der Waals surface area contributed by atoms with Gasteiger partial charge in [0.25, 0.3) is 23.3 Å². The topological polar surface area (TPSA) is 230 Å². The lowest BCUT2D eigenvalue weighted by Gasteiger charge is -2.36. The number of pyridine rings is 2. The molecule has 340 valence electrons. The van der Waals surface area contributed by atoms with Gasteiger partial charge in [-0.05, 0) is 88.7 Å². The number of allylic oxidation sites excluding steroid dienone is 1. The van der Waals surface area contributed by atoms with Crippen molar-refractivity contribution in [1.82, 2.24) is 45.3 Å². The van der Waals surface area contributed by atoms with Crippen LogP contribution in [0.2, 0.25) is 0 Å². The number of nitrogens with zero attached hydrogens (tertiary/aromatic N) is 7. The van der Waals surface area contributed by atoms with E-state index in [2.05, 4.69) is 42.7 Å². The molecule has 1 saturated carbocycles. The van der Waals surface area contributed by atoms with Gasteiger partial charge in [0.05, 0.1) is 35.1 Å². The molecular formula is C46H53N11O8. The number of hydrogen-bond donors (Lipinski definition) is 4. The molecule has 4 N–H and O–H groups in total. The van der Waals surface area contributed by atoms with Crippen LogP contribution in [0.1, 0.15) is 101 Å². The van der Waals surface area contributed by atoms with Crippen molar-refractivity contribution in [3.8, 4) is 5.75 Å². The van der Waals surface area contributed by atoms with E-state index in [0.717, 1.165) is 42.7 Å². The van der Waals surface area contributed by atoms with E-state index < -0.39 is 29.7 Å². The van der Waals surface area contributed by atoms with E-state index in [1.165, 1.54) is 19.1 Å². The molecule has 1 unspecified atom stereocenters. The minimum absolute atomic E-state index is 0.0119. The Balaban J connectivity index is 0.731. The summed E-state index contributed by atoms with van der Waals surface area (Å²) in [6.07, 6.45) is 9.28. The van der Waals surface area contributed by atoms with Gasteiger partial charge >= 0.3 is 0 Å². The van der Waals surface area contributed by atoms with Crippen molar-refractivity contribution >= 4 is 63.8 Å². The number of imide groups is 1. The van der Waals surface area contributed by atoms with Crippen LogP contribution in [0.3, 0.4) is 0 Å². The molecule has 0 radical (unpaired) electrons. The summed E-state index contributed by atoms with van der Waals surface area (Å²) >= 11 is 0. The van der Waals surface area contributed by atoms with Gasteiger partial charge in [-0.3, -0.25) is 43.0 Å². The van der Waals surface area contributed by atoms with Gasteiger partial charge in [0, 0.05) is 56.0 Å². The van der Waals surface area contributed by atoms with E-state index in [1.807, 2.05) is 17.0 Å². The highest BCUT2D eigenvalue weighted by Gasteiger charge is 2.45. The Morgan fingerprint density at radius 3 is 2.42 bits per heavy atom. The molecule has 0 spiro atoms. The molecule has 4 aromatic rings. The second-order valence-electron chi connectivity index (χ2n) is 16.8.